The first-order chi connectivity index (χ1) is 12.7. The Kier molecular flexibility index (Phi) is 6.81. The number of hydrogen-bond donors (Lipinski definition) is 2. The van der Waals surface area contributed by atoms with Crippen LogP contribution in [-0.2, 0) is 10.5 Å². The Hall–Kier alpha value is -2.59. The number of carbonyl (C=O) groups excluding carboxylic acids is 2. The highest BCUT2D eigenvalue weighted by molar-refractivity contribution is 7.99. The normalized spacial score (nSPS) is 10.5. The zero-order valence-electron chi connectivity index (χ0n) is 15.0. The van der Waals surface area contributed by atoms with Crippen LogP contribution in [0.15, 0.2) is 18.2 Å². The Balaban J connectivity index is 1.98. The van der Waals surface area contributed by atoms with Gasteiger partial charge in [-0.1, -0.05) is 6.07 Å². The third-order valence-electron chi connectivity index (χ3n) is 3.83. The molecule has 0 bridgehead atoms. The third kappa shape index (κ3) is 4.98. The lowest BCUT2D eigenvalue weighted by molar-refractivity contribution is -0.385. The Labute approximate surface area is 164 Å². The number of benzene rings is 1. The van der Waals surface area contributed by atoms with Gasteiger partial charge in [0, 0.05) is 16.7 Å². The summed E-state index contributed by atoms with van der Waals surface area (Å²) in [5.74, 6) is -0.108. The van der Waals surface area contributed by atoms with Crippen LogP contribution in [0.3, 0.4) is 0 Å². The summed E-state index contributed by atoms with van der Waals surface area (Å²) in [6, 6.07) is 4.68. The number of thioether (sulfide) groups is 1. The standard InChI is InChI=1S/C17H19N3O5S2/c1-9-10(2)27-17(15(9)16(18)22)19-14(21)8-26-7-11-4-5-13(25-3)12(6-11)20(23)24/h4-6H,7-8H2,1-3H3,(H2,18,22)(H,19,21). The van der Waals surface area contributed by atoms with E-state index in [0.717, 1.165) is 10.4 Å². The lowest BCUT2D eigenvalue weighted by Crippen LogP contribution is -2.18. The Morgan fingerprint density at radius 1 is 1.37 bits per heavy atom. The molecule has 3 N–H and O–H groups in total. The number of nitrogens with two attached hydrogens (primary N) is 1. The molecular formula is C17H19N3O5S2. The highest BCUT2D eigenvalue weighted by Crippen LogP contribution is 2.32. The van der Waals surface area contributed by atoms with Crippen molar-refractivity contribution < 1.29 is 19.2 Å². The number of methoxy groups -OCH3 is 1. The average molecular weight is 409 g/mol. The number of amides is 2. The Morgan fingerprint density at radius 2 is 2.07 bits per heavy atom. The van der Waals surface area contributed by atoms with E-state index in [9.17, 15) is 19.7 Å². The van der Waals surface area contributed by atoms with Crippen molar-refractivity contribution in [1.29, 1.82) is 0 Å². The number of nitrogens with one attached hydrogen (secondary N) is 1. The monoisotopic (exact) mass is 409 g/mol. The maximum atomic E-state index is 12.2. The summed E-state index contributed by atoms with van der Waals surface area (Å²) in [7, 11) is 1.37. The molecule has 0 aliphatic carbocycles. The summed E-state index contributed by atoms with van der Waals surface area (Å²) < 4.78 is 4.96. The Bertz CT molecular complexity index is 895. The maximum Gasteiger partial charge on any atom is 0.311 e. The number of carbonyl (C=O) groups is 2. The van der Waals surface area contributed by atoms with Crippen molar-refractivity contribution in [2.75, 3.05) is 18.2 Å². The van der Waals surface area contributed by atoms with E-state index in [1.165, 1.54) is 42.3 Å². The molecule has 0 saturated heterocycles. The van der Waals surface area contributed by atoms with Crippen LogP contribution >= 0.6 is 23.1 Å². The van der Waals surface area contributed by atoms with Crippen LogP contribution in [0.2, 0.25) is 0 Å². The summed E-state index contributed by atoms with van der Waals surface area (Å²) in [6.07, 6.45) is 0. The molecule has 0 saturated carbocycles. The predicted molar refractivity (Wildman–Crippen MR) is 107 cm³/mol. The number of nitro benzene ring substituents is 1. The maximum absolute atomic E-state index is 12.2. The minimum absolute atomic E-state index is 0.115. The quantitative estimate of drug-likeness (QED) is 0.509. The molecule has 0 unspecified atom stereocenters. The highest BCUT2D eigenvalue weighted by Gasteiger charge is 2.19. The topological polar surface area (TPSA) is 125 Å². The molecule has 10 heteroatoms. The molecular weight excluding hydrogens is 390 g/mol. The summed E-state index contributed by atoms with van der Waals surface area (Å²) in [4.78, 5) is 35.2. The summed E-state index contributed by atoms with van der Waals surface area (Å²) in [5.41, 5.74) is 7.08. The highest BCUT2D eigenvalue weighted by atomic mass is 32.2. The first-order valence-electron chi connectivity index (χ1n) is 7.83. The lowest BCUT2D eigenvalue weighted by Gasteiger charge is -2.06. The SMILES string of the molecule is COc1ccc(CSCC(=O)Nc2sc(C)c(C)c2C(N)=O)cc1[N+](=O)[O-]. The fourth-order valence-electron chi connectivity index (χ4n) is 2.40. The van der Waals surface area contributed by atoms with E-state index < -0.39 is 10.8 Å². The second kappa shape index (κ2) is 8.87. The number of primary amides is 1. The molecule has 2 rings (SSSR count). The van der Waals surface area contributed by atoms with Gasteiger partial charge in [-0.3, -0.25) is 19.7 Å². The van der Waals surface area contributed by atoms with Crippen LogP contribution in [0.5, 0.6) is 5.75 Å². The van der Waals surface area contributed by atoms with E-state index in [2.05, 4.69) is 5.32 Å². The molecule has 0 radical (unpaired) electrons. The molecule has 0 spiro atoms. The second-order valence-corrected chi connectivity index (χ2v) is 7.87. The fourth-order valence-corrected chi connectivity index (χ4v) is 4.26. The molecule has 2 aromatic rings. The van der Waals surface area contributed by atoms with Gasteiger partial charge in [-0.2, -0.15) is 0 Å². The van der Waals surface area contributed by atoms with Crippen molar-refractivity contribution in [2.45, 2.75) is 19.6 Å². The zero-order valence-corrected chi connectivity index (χ0v) is 16.7. The molecule has 1 heterocycles. The van der Waals surface area contributed by atoms with Crippen LogP contribution in [0.25, 0.3) is 0 Å². The van der Waals surface area contributed by atoms with Crippen molar-refractivity contribution in [2.24, 2.45) is 5.73 Å². The summed E-state index contributed by atoms with van der Waals surface area (Å²) in [5, 5.41) is 14.2. The van der Waals surface area contributed by atoms with Crippen LogP contribution < -0.4 is 15.8 Å². The minimum Gasteiger partial charge on any atom is -0.490 e. The van der Waals surface area contributed by atoms with Gasteiger partial charge in [-0.15, -0.1) is 23.1 Å². The van der Waals surface area contributed by atoms with Crippen molar-refractivity contribution >= 4 is 45.6 Å². The molecule has 0 aliphatic heterocycles. The first kappa shape index (κ1) is 20.7. The van der Waals surface area contributed by atoms with E-state index in [1.54, 1.807) is 13.0 Å². The van der Waals surface area contributed by atoms with Gasteiger partial charge in [0.25, 0.3) is 5.91 Å². The average Bonchev–Trinajstić information content (AvgIpc) is 2.88. The zero-order chi connectivity index (χ0) is 20.1. The largest absolute Gasteiger partial charge is 0.490 e. The predicted octanol–water partition coefficient (Wildman–Crippen LogP) is 3.25. The van der Waals surface area contributed by atoms with Gasteiger partial charge in [0.05, 0.1) is 23.3 Å². The van der Waals surface area contributed by atoms with Crippen LogP contribution in [0.1, 0.15) is 26.4 Å². The number of aryl methyl sites for hydroxylation is 1. The number of nitrogens with zero attached hydrogens (tertiary/aromatic N) is 1. The second-order valence-electron chi connectivity index (χ2n) is 5.66. The van der Waals surface area contributed by atoms with E-state index in [-0.39, 0.29) is 23.1 Å². The van der Waals surface area contributed by atoms with Crippen LogP contribution in [0, 0.1) is 24.0 Å². The van der Waals surface area contributed by atoms with Crippen molar-refractivity contribution in [3.05, 3.63) is 49.9 Å². The molecule has 0 fully saturated rings. The van der Waals surface area contributed by atoms with Crippen molar-refractivity contribution in [3.63, 3.8) is 0 Å². The number of rotatable bonds is 8. The molecule has 27 heavy (non-hydrogen) atoms. The summed E-state index contributed by atoms with van der Waals surface area (Å²) in [6.45, 7) is 3.64. The van der Waals surface area contributed by atoms with Crippen LogP contribution in [-0.4, -0.2) is 29.6 Å². The first-order valence-corrected chi connectivity index (χ1v) is 9.80. The third-order valence-corrected chi connectivity index (χ3v) is 5.95. The molecule has 0 aliphatic rings. The number of anilines is 1. The van der Waals surface area contributed by atoms with E-state index in [4.69, 9.17) is 10.5 Å². The number of hydrogen-bond acceptors (Lipinski definition) is 7. The molecule has 2 amide bonds. The lowest BCUT2D eigenvalue weighted by atomic mass is 10.1. The van der Waals surface area contributed by atoms with Gasteiger partial charge in [0.2, 0.25) is 5.91 Å². The molecule has 8 nitrogen and oxygen atoms in total. The fraction of sp³-hybridized carbons (Fsp3) is 0.294. The van der Waals surface area contributed by atoms with Crippen LogP contribution in [0.4, 0.5) is 10.7 Å². The smallest absolute Gasteiger partial charge is 0.311 e. The molecule has 0 atom stereocenters. The van der Waals surface area contributed by atoms with E-state index >= 15 is 0 Å². The molecule has 1 aromatic carbocycles. The van der Waals surface area contributed by atoms with Crippen molar-refractivity contribution in [1.82, 2.24) is 0 Å². The van der Waals surface area contributed by atoms with Gasteiger partial charge in [-0.25, -0.2) is 0 Å². The molecule has 1 aromatic heterocycles. The van der Waals surface area contributed by atoms with Gasteiger partial charge in [0.15, 0.2) is 5.75 Å². The van der Waals surface area contributed by atoms with Gasteiger partial charge < -0.3 is 15.8 Å². The van der Waals surface area contributed by atoms with Gasteiger partial charge in [-0.05, 0) is 31.0 Å². The van der Waals surface area contributed by atoms with Gasteiger partial charge >= 0.3 is 5.69 Å². The summed E-state index contributed by atoms with van der Waals surface area (Å²) >= 11 is 2.61. The Morgan fingerprint density at radius 3 is 2.67 bits per heavy atom. The number of ether oxygens (including phenoxy) is 1. The number of nitro groups is 1. The van der Waals surface area contributed by atoms with Crippen molar-refractivity contribution in [3.8, 4) is 5.75 Å². The van der Waals surface area contributed by atoms with E-state index in [1.807, 2.05) is 6.92 Å². The number of thiophene rings is 1. The minimum atomic E-state index is -0.578. The van der Waals surface area contributed by atoms with Gasteiger partial charge in [0.1, 0.15) is 5.00 Å². The molecule has 144 valence electrons. The van der Waals surface area contributed by atoms with E-state index in [0.29, 0.717) is 21.9 Å².